The van der Waals surface area contributed by atoms with Crippen molar-refractivity contribution >= 4 is 27.9 Å². The molecule has 0 aliphatic carbocycles. The summed E-state index contributed by atoms with van der Waals surface area (Å²) in [7, 11) is 0. The predicted molar refractivity (Wildman–Crippen MR) is 78.1 cm³/mol. The van der Waals surface area contributed by atoms with E-state index in [1.54, 1.807) is 24.3 Å². The Morgan fingerprint density at radius 1 is 0.952 bits per heavy atom. The standard InChI is InChI=1S/C17H12O4/c18-16-8-7-13(21-16)10-5-6-15-12(9-10)17(19)11-3-1-2-4-14(11)20-15/h1-6,9,13H,7-8H2. The zero-order valence-electron chi connectivity index (χ0n) is 11.2. The number of fused-ring (bicyclic) bond motifs is 2. The summed E-state index contributed by atoms with van der Waals surface area (Å²) in [4.78, 5) is 23.8. The van der Waals surface area contributed by atoms with Gasteiger partial charge in [0.25, 0.3) is 0 Å². The molecule has 0 saturated carbocycles. The Morgan fingerprint density at radius 2 is 1.76 bits per heavy atom. The number of esters is 1. The van der Waals surface area contributed by atoms with Gasteiger partial charge in [0.1, 0.15) is 17.3 Å². The molecule has 2 heterocycles. The summed E-state index contributed by atoms with van der Waals surface area (Å²) >= 11 is 0. The SMILES string of the molecule is O=C1CCC(c2ccc3oc4ccccc4c(=O)c3c2)O1. The lowest BCUT2D eigenvalue weighted by Gasteiger charge is -2.10. The molecule has 1 saturated heterocycles. The van der Waals surface area contributed by atoms with E-state index >= 15 is 0 Å². The molecule has 1 aliphatic heterocycles. The summed E-state index contributed by atoms with van der Waals surface area (Å²) in [5.41, 5.74) is 1.91. The molecule has 0 amide bonds. The number of benzene rings is 2. The highest BCUT2D eigenvalue weighted by Gasteiger charge is 2.25. The lowest BCUT2D eigenvalue weighted by atomic mass is 10.0. The van der Waals surface area contributed by atoms with Gasteiger partial charge in [0.05, 0.1) is 10.8 Å². The second-order valence-electron chi connectivity index (χ2n) is 5.20. The molecule has 1 unspecified atom stereocenters. The number of carbonyl (C=O) groups is 1. The van der Waals surface area contributed by atoms with Crippen LogP contribution in [0.3, 0.4) is 0 Å². The Hall–Kier alpha value is -2.62. The number of para-hydroxylation sites is 1. The molecule has 1 fully saturated rings. The topological polar surface area (TPSA) is 56.5 Å². The first-order valence-corrected chi connectivity index (χ1v) is 6.87. The monoisotopic (exact) mass is 280 g/mol. The maximum Gasteiger partial charge on any atom is 0.306 e. The van der Waals surface area contributed by atoms with E-state index in [-0.39, 0.29) is 17.5 Å². The third-order valence-electron chi connectivity index (χ3n) is 3.86. The molecule has 0 spiro atoms. The number of carbonyl (C=O) groups excluding carboxylic acids is 1. The predicted octanol–water partition coefficient (Wildman–Crippen LogP) is 3.32. The zero-order valence-corrected chi connectivity index (χ0v) is 11.2. The summed E-state index contributed by atoms with van der Waals surface area (Å²) < 4.78 is 11.0. The highest BCUT2D eigenvalue weighted by molar-refractivity contribution is 5.90. The average Bonchev–Trinajstić information content (AvgIpc) is 2.94. The number of ether oxygens (including phenoxy) is 1. The van der Waals surface area contributed by atoms with Gasteiger partial charge in [0, 0.05) is 6.42 Å². The first-order valence-electron chi connectivity index (χ1n) is 6.87. The van der Waals surface area contributed by atoms with Crippen LogP contribution in [0.15, 0.2) is 51.7 Å². The fraction of sp³-hybridized carbons (Fsp3) is 0.176. The van der Waals surface area contributed by atoms with E-state index in [1.165, 1.54) is 0 Å². The van der Waals surface area contributed by atoms with Crippen molar-refractivity contribution in [3.05, 3.63) is 58.3 Å². The van der Waals surface area contributed by atoms with E-state index in [9.17, 15) is 9.59 Å². The van der Waals surface area contributed by atoms with Gasteiger partial charge in [-0.15, -0.1) is 0 Å². The normalized spacial score (nSPS) is 18.3. The van der Waals surface area contributed by atoms with Crippen LogP contribution in [0.4, 0.5) is 0 Å². The fourth-order valence-corrected chi connectivity index (χ4v) is 2.78. The molecule has 1 atom stereocenters. The van der Waals surface area contributed by atoms with E-state index < -0.39 is 0 Å². The zero-order chi connectivity index (χ0) is 14.4. The van der Waals surface area contributed by atoms with Gasteiger partial charge in [-0.1, -0.05) is 18.2 Å². The van der Waals surface area contributed by atoms with Gasteiger partial charge in [-0.05, 0) is 36.2 Å². The smallest absolute Gasteiger partial charge is 0.306 e. The molecular formula is C17H12O4. The van der Waals surface area contributed by atoms with E-state index in [0.717, 1.165) is 5.56 Å². The quantitative estimate of drug-likeness (QED) is 0.507. The molecule has 1 aliphatic rings. The molecule has 0 radical (unpaired) electrons. The maximum atomic E-state index is 12.6. The minimum Gasteiger partial charge on any atom is -0.457 e. The molecule has 4 nitrogen and oxygen atoms in total. The van der Waals surface area contributed by atoms with Crippen molar-refractivity contribution in [2.75, 3.05) is 0 Å². The third kappa shape index (κ3) is 1.91. The summed E-state index contributed by atoms with van der Waals surface area (Å²) in [6, 6.07) is 12.6. The van der Waals surface area contributed by atoms with Crippen LogP contribution >= 0.6 is 0 Å². The summed E-state index contributed by atoms with van der Waals surface area (Å²) in [6.45, 7) is 0. The first-order chi connectivity index (χ1) is 10.2. The molecule has 0 N–H and O–H groups in total. The average molecular weight is 280 g/mol. The highest BCUT2D eigenvalue weighted by atomic mass is 16.5. The molecule has 4 rings (SSSR count). The lowest BCUT2D eigenvalue weighted by Crippen LogP contribution is -2.04. The minimum atomic E-state index is -0.257. The largest absolute Gasteiger partial charge is 0.457 e. The van der Waals surface area contributed by atoms with Gasteiger partial charge in [0.15, 0.2) is 0 Å². The molecule has 3 aromatic rings. The molecule has 0 bridgehead atoms. The molecule has 2 aromatic carbocycles. The number of rotatable bonds is 1. The Kier molecular flexibility index (Phi) is 2.57. The number of hydrogen-bond acceptors (Lipinski definition) is 4. The van der Waals surface area contributed by atoms with Crippen LogP contribution in [0.2, 0.25) is 0 Å². The van der Waals surface area contributed by atoms with E-state index in [1.807, 2.05) is 18.2 Å². The highest BCUT2D eigenvalue weighted by Crippen LogP contribution is 2.31. The van der Waals surface area contributed by atoms with E-state index in [2.05, 4.69) is 0 Å². The van der Waals surface area contributed by atoms with Crippen molar-refractivity contribution in [2.24, 2.45) is 0 Å². The molecule has 1 aromatic heterocycles. The van der Waals surface area contributed by atoms with Crippen LogP contribution in [-0.2, 0) is 9.53 Å². The van der Waals surface area contributed by atoms with Crippen molar-refractivity contribution < 1.29 is 13.9 Å². The van der Waals surface area contributed by atoms with Crippen molar-refractivity contribution in [3.8, 4) is 0 Å². The third-order valence-corrected chi connectivity index (χ3v) is 3.86. The lowest BCUT2D eigenvalue weighted by molar-refractivity contribution is -0.141. The Labute approximate surface area is 119 Å². The van der Waals surface area contributed by atoms with Crippen LogP contribution < -0.4 is 5.43 Å². The van der Waals surface area contributed by atoms with E-state index in [4.69, 9.17) is 9.15 Å². The van der Waals surface area contributed by atoms with Gasteiger partial charge in [0.2, 0.25) is 5.43 Å². The van der Waals surface area contributed by atoms with Crippen LogP contribution in [-0.4, -0.2) is 5.97 Å². The summed E-state index contributed by atoms with van der Waals surface area (Å²) in [6.07, 6.45) is 0.825. The Morgan fingerprint density at radius 3 is 2.57 bits per heavy atom. The van der Waals surface area contributed by atoms with Gasteiger partial charge in [-0.2, -0.15) is 0 Å². The molecule has 104 valence electrons. The second-order valence-corrected chi connectivity index (χ2v) is 5.20. The van der Waals surface area contributed by atoms with Gasteiger partial charge >= 0.3 is 5.97 Å². The maximum absolute atomic E-state index is 12.6. The summed E-state index contributed by atoms with van der Waals surface area (Å²) in [5, 5.41) is 1.08. The van der Waals surface area contributed by atoms with Crippen molar-refractivity contribution in [3.63, 3.8) is 0 Å². The van der Waals surface area contributed by atoms with Crippen LogP contribution in [0.25, 0.3) is 21.9 Å². The van der Waals surface area contributed by atoms with Gasteiger partial charge in [-0.3, -0.25) is 9.59 Å². The molecular weight excluding hydrogens is 268 g/mol. The fourth-order valence-electron chi connectivity index (χ4n) is 2.78. The molecule has 4 heteroatoms. The summed E-state index contributed by atoms with van der Waals surface area (Å²) in [5.74, 6) is -0.189. The molecule has 21 heavy (non-hydrogen) atoms. The van der Waals surface area contributed by atoms with Crippen LogP contribution in [0.1, 0.15) is 24.5 Å². The van der Waals surface area contributed by atoms with Crippen molar-refractivity contribution in [2.45, 2.75) is 18.9 Å². The Bertz CT molecular complexity index is 923. The minimum absolute atomic E-state index is 0.0574. The Balaban J connectivity index is 1.94. The van der Waals surface area contributed by atoms with E-state index in [0.29, 0.717) is 34.8 Å². The second kappa shape index (κ2) is 4.45. The van der Waals surface area contributed by atoms with Crippen LogP contribution in [0.5, 0.6) is 0 Å². The number of cyclic esters (lactones) is 1. The van der Waals surface area contributed by atoms with Gasteiger partial charge in [-0.25, -0.2) is 0 Å². The number of hydrogen-bond donors (Lipinski definition) is 0. The van der Waals surface area contributed by atoms with Crippen molar-refractivity contribution in [1.29, 1.82) is 0 Å². The van der Waals surface area contributed by atoms with Crippen molar-refractivity contribution in [1.82, 2.24) is 0 Å². The first kappa shape index (κ1) is 12.1. The van der Waals surface area contributed by atoms with Crippen LogP contribution in [0, 0.1) is 0 Å². The van der Waals surface area contributed by atoms with Gasteiger partial charge < -0.3 is 9.15 Å².